The van der Waals surface area contributed by atoms with Gasteiger partial charge in [-0.1, -0.05) is 148 Å². The van der Waals surface area contributed by atoms with Gasteiger partial charge in [-0.2, -0.15) is 0 Å². The summed E-state index contributed by atoms with van der Waals surface area (Å²) in [6.45, 7) is 11.9. The Morgan fingerprint density at radius 2 is 1.08 bits per heavy atom. The molecule has 9 atom stereocenters. The monoisotopic (exact) mass is 1380 g/mol. The second-order valence-electron chi connectivity index (χ2n) is 29.4. The van der Waals surface area contributed by atoms with E-state index in [0.717, 1.165) is 75.1 Å². The molecule has 23 nitrogen and oxygen atoms in total. The Bertz CT molecular complexity index is 3790. The minimum atomic E-state index is -1.24. The fraction of sp³-hybridized carbons (Fsp3) is 0.487. The van der Waals surface area contributed by atoms with Crippen molar-refractivity contribution in [3.63, 3.8) is 0 Å². The summed E-state index contributed by atoms with van der Waals surface area (Å²) in [5.74, 6) is -3.54. The van der Waals surface area contributed by atoms with Crippen molar-refractivity contribution < 1.29 is 62.2 Å². The molecule has 10 amide bonds. The lowest BCUT2D eigenvalue weighted by molar-refractivity contribution is -0.144. The molecule has 2 aliphatic heterocycles. The van der Waals surface area contributed by atoms with Crippen LogP contribution in [0, 0.1) is 5.41 Å². The Labute approximate surface area is 591 Å². The first kappa shape index (κ1) is 73.9. The molecule has 0 spiro atoms. The van der Waals surface area contributed by atoms with Crippen molar-refractivity contribution in [1.82, 2.24) is 51.9 Å². The van der Waals surface area contributed by atoms with Crippen molar-refractivity contribution in [1.29, 1.82) is 0 Å². The van der Waals surface area contributed by atoms with Crippen LogP contribution in [0.1, 0.15) is 176 Å². The first-order chi connectivity index (χ1) is 48.3. The predicted molar refractivity (Wildman–Crippen MR) is 379 cm³/mol. The van der Waals surface area contributed by atoms with E-state index < -0.39 is 107 Å². The van der Waals surface area contributed by atoms with Crippen LogP contribution in [0.25, 0.3) is 11.1 Å². The number of aryl methyl sites for hydroxylation is 2. The summed E-state index contributed by atoms with van der Waals surface area (Å²) in [5, 5.41) is 20.9. The predicted octanol–water partition coefficient (Wildman–Crippen LogP) is 9.12. The quantitative estimate of drug-likeness (QED) is 0.0224. The zero-order valence-corrected chi connectivity index (χ0v) is 59.3. The molecule has 23 heteroatoms. The van der Waals surface area contributed by atoms with E-state index in [1.165, 1.54) is 23.8 Å². The van der Waals surface area contributed by atoms with E-state index in [0.29, 0.717) is 18.4 Å². The number of rotatable bonds is 24. The summed E-state index contributed by atoms with van der Waals surface area (Å²) >= 11 is 0. The van der Waals surface area contributed by atoms with E-state index in [1.807, 2.05) is 103 Å². The number of hydrogen-bond donors (Lipinski definition) is 7. The summed E-state index contributed by atoms with van der Waals surface area (Å²) in [6.07, 6.45) is 2.84. The van der Waals surface area contributed by atoms with Gasteiger partial charge < -0.3 is 61.2 Å². The summed E-state index contributed by atoms with van der Waals surface area (Å²) in [7, 11) is 1.44. The van der Waals surface area contributed by atoms with E-state index in [-0.39, 0.29) is 102 Å². The highest BCUT2D eigenvalue weighted by Crippen LogP contribution is 2.45. The van der Waals surface area contributed by atoms with Gasteiger partial charge in [0.25, 0.3) is 0 Å². The molecule has 7 N–H and O–H groups in total. The maximum absolute atomic E-state index is 15.1. The number of ether oxygens (including phenoxy) is 3. The number of fused-ring (bicyclic) bond motifs is 5. The van der Waals surface area contributed by atoms with E-state index in [9.17, 15) is 43.2 Å². The van der Waals surface area contributed by atoms with Crippen LogP contribution in [0.3, 0.4) is 0 Å². The van der Waals surface area contributed by atoms with Crippen LogP contribution in [0.4, 0.5) is 14.4 Å². The molecule has 538 valence electrons. The maximum Gasteiger partial charge on any atom is 0.410 e. The molecule has 5 aromatic carbocycles. The molecule has 5 aliphatic rings. The van der Waals surface area contributed by atoms with Gasteiger partial charge in [0, 0.05) is 51.5 Å². The minimum absolute atomic E-state index is 0.00851. The first-order valence-corrected chi connectivity index (χ1v) is 35.6. The lowest BCUT2D eigenvalue weighted by Gasteiger charge is -2.37. The highest BCUT2D eigenvalue weighted by Gasteiger charge is 2.48. The second-order valence-corrected chi connectivity index (χ2v) is 29.4. The summed E-state index contributed by atoms with van der Waals surface area (Å²) < 4.78 is 17.0. The molecule has 2 heterocycles. The van der Waals surface area contributed by atoms with Crippen LogP contribution >= 0.6 is 0 Å². The van der Waals surface area contributed by atoms with Crippen LogP contribution in [0.15, 0.2) is 127 Å². The molecule has 0 radical (unpaired) electrons. The molecule has 101 heavy (non-hydrogen) atoms. The van der Waals surface area contributed by atoms with Crippen molar-refractivity contribution in [3.05, 3.63) is 166 Å². The average Bonchev–Trinajstić information content (AvgIpc) is 1.61. The van der Waals surface area contributed by atoms with Crippen LogP contribution in [-0.4, -0.2) is 156 Å². The standard InChI is InChI=1S/C78H98N10O13/c1-48(86(8)76(98)101-78(5,6)7)69(91)85-68(77(2,3)4)73(95)88-44-52(42-65(88)71(93)83-62-37-21-29-51-27-13-15-31-55(51)62)80-67(90)40-22-39-66(89)79-41-23-38-63(84-75(97)99-46-49-24-10-9-11-25-49)72(94)87-45-53(43-64(87)70(92)82-61-36-20-28-50-26-12-14-30-54(50)61)81-74(96)100-47-60-58-34-18-16-32-56(58)57-33-17-19-35-59(57)60/h9-19,24-27,30-35,48,52-53,60-65,68H,20-23,28-29,36-47H2,1-8H3,(H,79,89)(H,80,90)(H,81,96)(H,82,92)(H,83,93)(H,84,97)(H,85,91)/t48-,52-,53-,61+,62+,63-,64-,65-,68+/m0/s1. The van der Waals surface area contributed by atoms with Crippen LogP contribution < -0.4 is 37.2 Å². The fourth-order valence-electron chi connectivity index (χ4n) is 14.5. The molecule has 0 bridgehead atoms. The summed E-state index contributed by atoms with van der Waals surface area (Å²) in [4.78, 5) is 145. The molecular weight excluding hydrogens is 1280 g/mol. The third-order valence-electron chi connectivity index (χ3n) is 19.8. The third kappa shape index (κ3) is 19.0. The molecule has 5 aromatic rings. The van der Waals surface area contributed by atoms with Gasteiger partial charge in [-0.15, -0.1) is 0 Å². The first-order valence-electron chi connectivity index (χ1n) is 35.6. The molecule has 0 aromatic heterocycles. The van der Waals surface area contributed by atoms with Gasteiger partial charge in [0.1, 0.15) is 49.0 Å². The molecule has 2 fully saturated rings. The van der Waals surface area contributed by atoms with E-state index in [1.54, 1.807) is 53.7 Å². The number of nitrogens with one attached hydrogen (secondary N) is 7. The Hall–Kier alpha value is -9.80. The van der Waals surface area contributed by atoms with Gasteiger partial charge in [0.05, 0.1) is 18.1 Å². The van der Waals surface area contributed by atoms with Gasteiger partial charge in [-0.25, -0.2) is 14.4 Å². The number of benzene rings is 5. The van der Waals surface area contributed by atoms with Crippen LogP contribution in [-0.2, 0) is 67.2 Å². The zero-order chi connectivity index (χ0) is 72.1. The fourth-order valence-corrected chi connectivity index (χ4v) is 14.5. The molecule has 0 saturated carbocycles. The van der Waals surface area contributed by atoms with E-state index in [2.05, 4.69) is 49.4 Å². The maximum atomic E-state index is 15.1. The number of likely N-dealkylation sites (N-methyl/N-ethyl adjacent to an activating group) is 1. The van der Waals surface area contributed by atoms with Crippen molar-refractivity contribution in [2.75, 3.05) is 33.3 Å². The zero-order valence-electron chi connectivity index (χ0n) is 59.3. The van der Waals surface area contributed by atoms with Crippen molar-refractivity contribution >= 4 is 59.6 Å². The molecule has 10 rings (SSSR count). The smallest absolute Gasteiger partial charge is 0.410 e. The Balaban J connectivity index is 0.769. The molecule has 0 unspecified atom stereocenters. The Morgan fingerprint density at radius 1 is 0.564 bits per heavy atom. The molecular formula is C78H98N10O13. The Morgan fingerprint density at radius 3 is 1.64 bits per heavy atom. The molecule has 3 aliphatic carbocycles. The van der Waals surface area contributed by atoms with E-state index >= 15 is 4.79 Å². The number of carbonyl (C=O) groups excluding carboxylic acids is 10. The van der Waals surface area contributed by atoms with Crippen molar-refractivity contribution in [3.8, 4) is 11.1 Å². The number of nitrogens with zero attached hydrogens (tertiary/aromatic N) is 3. The van der Waals surface area contributed by atoms with Gasteiger partial charge >= 0.3 is 18.3 Å². The van der Waals surface area contributed by atoms with Gasteiger partial charge in [-0.3, -0.25) is 38.5 Å². The minimum Gasteiger partial charge on any atom is -0.449 e. The highest BCUT2D eigenvalue weighted by atomic mass is 16.6. The summed E-state index contributed by atoms with van der Waals surface area (Å²) in [5.41, 5.74) is 7.52. The topological polar surface area (TPSA) is 292 Å². The number of carbonyl (C=O) groups is 10. The summed E-state index contributed by atoms with van der Waals surface area (Å²) in [6, 6.07) is 33.4. The van der Waals surface area contributed by atoms with Crippen molar-refractivity contribution in [2.45, 2.75) is 204 Å². The third-order valence-corrected chi connectivity index (χ3v) is 19.8. The van der Waals surface area contributed by atoms with Gasteiger partial charge in [-0.05, 0) is 154 Å². The van der Waals surface area contributed by atoms with Crippen LogP contribution in [0.5, 0.6) is 0 Å². The number of alkyl carbamates (subject to hydrolysis) is 2. The van der Waals surface area contributed by atoms with Crippen molar-refractivity contribution in [2.24, 2.45) is 5.41 Å². The van der Waals surface area contributed by atoms with E-state index in [4.69, 9.17) is 14.2 Å². The average molecular weight is 1380 g/mol. The van der Waals surface area contributed by atoms with Gasteiger partial charge in [0.15, 0.2) is 0 Å². The second kappa shape index (κ2) is 33.1. The lowest BCUT2D eigenvalue weighted by atomic mass is 9.85. The van der Waals surface area contributed by atoms with Gasteiger partial charge in [0.2, 0.25) is 41.4 Å². The Kier molecular flexibility index (Phi) is 24.2. The molecule has 2 saturated heterocycles. The number of amides is 10. The van der Waals surface area contributed by atoms with Crippen LogP contribution in [0.2, 0.25) is 0 Å². The SMILES string of the molecule is C[C@@H](C(=O)N[C@H](C(=O)N1C[C@@H](NC(=O)CCCC(=O)NCCC[C@H](NC(=O)OCc2ccccc2)C(=O)N2C[C@@H](NC(=O)OCC3c4ccccc4-c4ccccc43)C[C@H]2C(=O)N[C@@H]2CCCc3ccccc32)C[C@H]1C(=O)N[C@@H]1CCCc2ccccc21)C(C)(C)C)N(C)C(=O)OC(C)(C)C. The highest BCUT2D eigenvalue weighted by molar-refractivity contribution is 5.96. The number of hydrogen-bond acceptors (Lipinski definition) is 13. The normalized spacial score (nSPS) is 20.0. The lowest BCUT2D eigenvalue weighted by Crippen LogP contribution is -2.60. The largest absolute Gasteiger partial charge is 0.449 e. The number of likely N-dealkylation sites (tertiary alicyclic amines) is 2.